The number of para-hydroxylation sites is 1. The van der Waals surface area contributed by atoms with Gasteiger partial charge in [-0.2, -0.15) is 4.98 Å². The molecule has 0 aliphatic rings. The van der Waals surface area contributed by atoms with Gasteiger partial charge in [0.2, 0.25) is 0 Å². The third-order valence-electron chi connectivity index (χ3n) is 4.01. The van der Waals surface area contributed by atoms with E-state index in [9.17, 15) is 0 Å². The Kier molecular flexibility index (Phi) is 4.41. The SMILES string of the molecule is COc1ccccc1-c1noc2ncnc(NCc3ccc(Cl)cc3)c12. The standard InChI is InChI=1S/C19H15ClN4O2/c1-25-15-5-3-2-4-14(15)17-16-18(22-11-23-19(16)26-24-17)21-10-12-6-8-13(20)9-7-12/h2-9,11H,10H2,1H3,(H,21,22,23). The van der Waals surface area contributed by atoms with Gasteiger partial charge in [-0.05, 0) is 29.8 Å². The lowest BCUT2D eigenvalue weighted by atomic mass is 10.1. The number of ether oxygens (including phenoxy) is 1. The number of nitrogens with one attached hydrogen (secondary N) is 1. The van der Waals surface area contributed by atoms with Gasteiger partial charge in [0.15, 0.2) is 0 Å². The van der Waals surface area contributed by atoms with Gasteiger partial charge < -0.3 is 14.6 Å². The molecule has 0 saturated heterocycles. The summed E-state index contributed by atoms with van der Waals surface area (Å²) in [6.07, 6.45) is 1.45. The van der Waals surface area contributed by atoms with Crippen molar-refractivity contribution < 1.29 is 9.26 Å². The van der Waals surface area contributed by atoms with Gasteiger partial charge in [0.25, 0.3) is 5.71 Å². The van der Waals surface area contributed by atoms with Crippen LogP contribution in [0.2, 0.25) is 5.02 Å². The molecule has 4 aromatic rings. The topological polar surface area (TPSA) is 73.1 Å². The summed E-state index contributed by atoms with van der Waals surface area (Å²) in [5, 5.41) is 8.93. The first-order chi connectivity index (χ1) is 12.8. The van der Waals surface area contributed by atoms with E-state index < -0.39 is 0 Å². The van der Waals surface area contributed by atoms with Crippen LogP contribution in [-0.2, 0) is 6.54 Å². The molecule has 0 unspecified atom stereocenters. The minimum atomic E-state index is 0.416. The van der Waals surface area contributed by atoms with Crippen LogP contribution >= 0.6 is 11.6 Å². The number of anilines is 1. The first kappa shape index (κ1) is 16.4. The Morgan fingerprint density at radius 3 is 2.69 bits per heavy atom. The molecule has 7 heteroatoms. The lowest BCUT2D eigenvalue weighted by Crippen LogP contribution is -2.02. The van der Waals surface area contributed by atoms with Crippen LogP contribution in [0.15, 0.2) is 59.4 Å². The fourth-order valence-corrected chi connectivity index (χ4v) is 2.86. The molecule has 0 amide bonds. The molecule has 0 radical (unpaired) electrons. The number of methoxy groups -OCH3 is 1. The molecule has 0 atom stereocenters. The quantitative estimate of drug-likeness (QED) is 0.558. The summed E-state index contributed by atoms with van der Waals surface area (Å²) in [6.45, 7) is 0.583. The van der Waals surface area contributed by atoms with Crippen molar-refractivity contribution >= 4 is 28.5 Å². The zero-order valence-electron chi connectivity index (χ0n) is 13.9. The Morgan fingerprint density at radius 1 is 1.08 bits per heavy atom. The Balaban J connectivity index is 1.74. The van der Waals surface area contributed by atoms with Crippen molar-refractivity contribution in [3.05, 3.63) is 65.4 Å². The molecule has 0 fully saturated rings. The normalized spacial score (nSPS) is 10.8. The molecule has 0 aliphatic heterocycles. The van der Waals surface area contributed by atoms with Crippen LogP contribution in [0.25, 0.3) is 22.4 Å². The number of aromatic nitrogens is 3. The van der Waals surface area contributed by atoms with Crippen molar-refractivity contribution in [1.82, 2.24) is 15.1 Å². The van der Waals surface area contributed by atoms with Crippen LogP contribution in [-0.4, -0.2) is 22.2 Å². The van der Waals surface area contributed by atoms with E-state index in [2.05, 4.69) is 20.4 Å². The van der Waals surface area contributed by atoms with Gasteiger partial charge in [-0.3, -0.25) is 0 Å². The number of hydrogen-bond acceptors (Lipinski definition) is 6. The van der Waals surface area contributed by atoms with E-state index in [-0.39, 0.29) is 0 Å². The zero-order chi connectivity index (χ0) is 17.9. The van der Waals surface area contributed by atoms with Crippen molar-refractivity contribution in [3.63, 3.8) is 0 Å². The average Bonchev–Trinajstić information content (AvgIpc) is 3.12. The first-order valence-electron chi connectivity index (χ1n) is 7.98. The largest absolute Gasteiger partial charge is 0.496 e. The molecule has 2 aromatic carbocycles. The van der Waals surface area contributed by atoms with Crippen LogP contribution in [0, 0.1) is 0 Å². The highest BCUT2D eigenvalue weighted by Gasteiger charge is 2.19. The predicted molar refractivity (Wildman–Crippen MR) is 100 cm³/mol. The van der Waals surface area contributed by atoms with E-state index in [1.165, 1.54) is 6.33 Å². The molecular formula is C19H15ClN4O2. The highest BCUT2D eigenvalue weighted by Crippen LogP contribution is 2.36. The summed E-state index contributed by atoms with van der Waals surface area (Å²) >= 11 is 5.94. The molecule has 1 N–H and O–H groups in total. The summed E-state index contributed by atoms with van der Waals surface area (Å²) < 4.78 is 10.8. The fraction of sp³-hybridized carbons (Fsp3) is 0.105. The molecule has 6 nitrogen and oxygen atoms in total. The lowest BCUT2D eigenvalue weighted by Gasteiger charge is -2.08. The molecule has 0 bridgehead atoms. The Bertz CT molecular complexity index is 1050. The number of rotatable bonds is 5. The van der Waals surface area contributed by atoms with Gasteiger partial charge in [-0.25, -0.2) is 4.98 Å². The molecule has 2 aromatic heterocycles. The molecule has 2 heterocycles. The maximum absolute atomic E-state index is 5.94. The Hall–Kier alpha value is -3.12. The molecule has 0 saturated carbocycles. The van der Waals surface area contributed by atoms with Crippen molar-refractivity contribution in [1.29, 1.82) is 0 Å². The monoisotopic (exact) mass is 366 g/mol. The van der Waals surface area contributed by atoms with Gasteiger partial charge in [-0.15, -0.1) is 0 Å². The van der Waals surface area contributed by atoms with Crippen molar-refractivity contribution in [3.8, 4) is 17.0 Å². The number of hydrogen-bond donors (Lipinski definition) is 1. The van der Waals surface area contributed by atoms with Crippen LogP contribution < -0.4 is 10.1 Å². The van der Waals surface area contributed by atoms with Crippen LogP contribution in [0.1, 0.15) is 5.56 Å². The van der Waals surface area contributed by atoms with Gasteiger partial charge in [-0.1, -0.05) is 41.0 Å². The second-order valence-corrected chi connectivity index (χ2v) is 6.05. The minimum Gasteiger partial charge on any atom is -0.496 e. The smallest absolute Gasteiger partial charge is 0.263 e. The Morgan fingerprint density at radius 2 is 1.88 bits per heavy atom. The fourth-order valence-electron chi connectivity index (χ4n) is 2.73. The van der Waals surface area contributed by atoms with Gasteiger partial charge in [0.05, 0.1) is 7.11 Å². The maximum atomic E-state index is 5.94. The van der Waals surface area contributed by atoms with Crippen LogP contribution in [0.4, 0.5) is 5.82 Å². The first-order valence-corrected chi connectivity index (χ1v) is 8.36. The van der Waals surface area contributed by atoms with Gasteiger partial charge in [0.1, 0.15) is 29.0 Å². The number of benzene rings is 2. The van der Waals surface area contributed by atoms with E-state index in [1.807, 2.05) is 48.5 Å². The summed E-state index contributed by atoms with van der Waals surface area (Å²) in [4.78, 5) is 8.54. The number of nitrogens with zero attached hydrogens (tertiary/aromatic N) is 3. The van der Waals surface area contributed by atoms with Crippen molar-refractivity contribution in [2.45, 2.75) is 6.54 Å². The summed E-state index contributed by atoms with van der Waals surface area (Å²) in [7, 11) is 1.62. The van der Waals surface area contributed by atoms with Crippen LogP contribution in [0.3, 0.4) is 0 Å². The van der Waals surface area contributed by atoms with Gasteiger partial charge in [0, 0.05) is 17.1 Å². The average molecular weight is 367 g/mol. The third-order valence-corrected chi connectivity index (χ3v) is 4.26. The second kappa shape index (κ2) is 7.01. The number of fused-ring (bicyclic) bond motifs is 1. The van der Waals surface area contributed by atoms with E-state index >= 15 is 0 Å². The van der Waals surface area contributed by atoms with E-state index in [0.29, 0.717) is 39.9 Å². The molecule has 4 rings (SSSR count). The molecular weight excluding hydrogens is 352 g/mol. The summed E-state index contributed by atoms with van der Waals surface area (Å²) in [6, 6.07) is 15.3. The molecule has 0 aliphatic carbocycles. The Labute approximate surface area is 154 Å². The second-order valence-electron chi connectivity index (χ2n) is 5.61. The minimum absolute atomic E-state index is 0.416. The molecule has 130 valence electrons. The molecule has 26 heavy (non-hydrogen) atoms. The zero-order valence-corrected chi connectivity index (χ0v) is 14.7. The van der Waals surface area contributed by atoms with E-state index in [0.717, 1.165) is 11.1 Å². The highest BCUT2D eigenvalue weighted by atomic mass is 35.5. The van der Waals surface area contributed by atoms with Gasteiger partial charge >= 0.3 is 0 Å². The molecule has 0 spiro atoms. The third kappa shape index (κ3) is 3.07. The lowest BCUT2D eigenvalue weighted by molar-refractivity contribution is 0.414. The van der Waals surface area contributed by atoms with Crippen molar-refractivity contribution in [2.75, 3.05) is 12.4 Å². The van der Waals surface area contributed by atoms with Crippen molar-refractivity contribution in [2.24, 2.45) is 0 Å². The highest BCUT2D eigenvalue weighted by molar-refractivity contribution is 6.30. The maximum Gasteiger partial charge on any atom is 0.263 e. The van der Waals surface area contributed by atoms with Crippen LogP contribution in [0.5, 0.6) is 5.75 Å². The van der Waals surface area contributed by atoms with E-state index in [4.69, 9.17) is 20.9 Å². The van der Waals surface area contributed by atoms with E-state index in [1.54, 1.807) is 7.11 Å². The number of halogens is 1. The summed E-state index contributed by atoms with van der Waals surface area (Å²) in [5.74, 6) is 1.35. The summed E-state index contributed by atoms with van der Waals surface area (Å²) in [5.41, 5.74) is 2.95. The predicted octanol–water partition coefficient (Wildman–Crippen LogP) is 4.56.